The first kappa shape index (κ1) is 9.01. The minimum absolute atomic E-state index is 0.0937. The Labute approximate surface area is 73.7 Å². The summed E-state index contributed by atoms with van der Waals surface area (Å²) in [5.74, 6) is 0. The van der Waals surface area contributed by atoms with Gasteiger partial charge in [-0.2, -0.15) is 0 Å². The van der Waals surface area contributed by atoms with Crippen molar-refractivity contribution in [1.82, 2.24) is 0 Å². The topological polar surface area (TPSA) is 9.23 Å². The van der Waals surface area contributed by atoms with Crippen LogP contribution in [0.2, 0.25) is 0 Å². The van der Waals surface area contributed by atoms with E-state index in [2.05, 4.69) is 12.1 Å². The summed E-state index contributed by atoms with van der Waals surface area (Å²) in [4.78, 5) is 0. The van der Waals surface area contributed by atoms with E-state index in [9.17, 15) is 0 Å². The van der Waals surface area contributed by atoms with E-state index in [1.54, 1.807) is 7.11 Å². The van der Waals surface area contributed by atoms with E-state index >= 15 is 0 Å². The van der Waals surface area contributed by atoms with Gasteiger partial charge in [-0.25, -0.2) is 0 Å². The molecule has 0 radical (unpaired) electrons. The average Bonchev–Trinajstić information content (AvgIpc) is 2.15. The molecule has 0 aliphatic carbocycles. The van der Waals surface area contributed by atoms with Crippen LogP contribution in [-0.2, 0) is 4.74 Å². The molecule has 1 atom stereocenters. The first-order valence-electron chi connectivity index (χ1n) is 4.09. The van der Waals surface area contributed by atoms with Crippen LogP contribution in [0.4, 0.5) is 0 Å². The summed E-state index contributed by atoms with van der Waals surface area (Å²) in [7, 11) is 1.72. The molecule has 0 saturated carbocycles. The molecule has 0 amide bonds. The fourth-order valence-electron chi connectivity index (χ4n) is 1.14. The molecule has 0 aliphatic rings. The lowest BCUT2D eigenvalue weighted by Crippen LogP contribution is -1.96. The Morgan fingerprint density at radius 3 is 2.42 bits per heavy atom. The molecule has 1 heteroatoms. The highest BCUT2D eigenvalue weighted by Gasteiger charge is 2.03. The molecule has 0 aliphatic heterocycles. The fraction of sp³-hybridized carbons (Fsp3) is 0.273. The fourth-order valence-corrected chi connectivity index (χ4v) is 1.14. The molecular weight excluding hydrogens is 148 g/mol. The predicted octanol–water partition coefficient (Wildman–Crippen LogP) is 2.95. The summed E-state index contributed by atoms with van der Waals surface area (Å²) < 4.78 is 5.29. The van der Waals surface area contributed by atoms with Crippen LogP contribution in [0.25, 0.3) is 0 Å². The van der Waals surface area contributed by atoms with E-state index < -0.39 is 0 Å². The Balaban J connectivity index is 2.80. The van der Waals surface area contributed by atoms with Crippen LogP contribution in [0.15, 0.2) is 42.5 Å². The third-order valence-corrected chi connectivity index (χ3v) is 1.75. The van der Waals surface area contributed by atoms with Crippen LogP contribution in [0.3, 0.4) is 0 Å². The third kappa shape index (κ3) is 2.21. The lowest BCUT2D eigenvalue weighted by Gasteiger charge is -2.10. The van der Waals surface area contributed by atoms with Crippen LogP contribution >= 0.6 is 0 Å². The van der Waals surface area contributed by atoms with Gasteiger partial charge < -0.3 is 4.74 Å². The molecule has 1 aromatic carbocycles. The number of hydrogen-bond donors (Lipinski definition) is 0. The van der Waals surface area contributed by atoms with Gasteiger partial charge in [-0.1, -0.05) is 42.5 Å². The van der Waals surface area contributed by atoms with Gasteiger partial charge in [0.25, 0.3) is 0 Å². The zero-order chi connectivity index (χ0) is 8.81. The molecule has 0 saturated heterocycles. The quantitative estimate of drug-likeness (QED) is 0.621. The number of methoxy groups -OCH3 is 1. The number of allylic oxidation sites excluding steroid dienone is 1. The Morgan fingerprint density at radius 2 is 1.92 bits per heavy atom. The second-order valence-corrected chi connectivity index (χ2v) is 2.59. The maximum absolute atomic E-state index is 5.29. The molecule has 1 aromatic rings. The number of ether oxygens (including phenoxy) is 1. The van der Waals surface area contributed by atoms with Gasteiger partial charge in [0.05, 0.1) is 0 Å². The van der Waals surface area contributed by atoms with Gasteiger partial charge in [-0.05, 0) is 12.5 Å². The molecule has 12 heavy (non-hydrogen) atoms. The largest absolute Gasteiger partial charge is 0.373 e. The molecule has 0 N–H and O–H groups in total. The van der Waals surface area contributed by atoms with Gasteiger partial charge in [0.1, 0.15) is 6.10 Å². The van der Waals surface area contributed by atoms with Gasteiger partial charge in [0.15, 0.2) is 0 Å². The lowest BCUT2D eigenvalue weighted by molar-refractivity contribution is 0.142. The summed E-state index contributed by atoms with van der Waals surface area (Å²) in [6.07, 6.45) is 4.13. The molecular formula is C11H14O. The molecule has 1 nitrogen and oxygen atoms in total. The van der Waals surface area contributed by atoms with Gasteiger partial charge in [-0.15, -0.1) is 0 Å². The SMILES string of the molecule is C/C=C/[C@@H](OC)c1ccccc1. The summed E-state index contributed by atoms with van der Waals surface area (Å²) >= 11 is 0. The van der Waals surface area contributed by atoms with Gasteiger partial charge in [-0.3, -0.25) is 0 Å². The first-order chi connectivity index (χ1) is 5.88. The van der Waals surface area contributed by atoms with Gasteiger partial charge in [0, 0.05) is 7.11 Å². The normalized spacial score (nSPS) is 13.5. The van der Waals surface area contributed by atoms with Crippen LogP contribution < -0.4 is 0 Å². The molecule has 0 bridgehead atoms. The van der Waals surface area contributed by atoms with Gasteiger partial charge >= 0.3 is 0 Å². The number of rotatable bonds is 3. The average molecular weight is 162 g/mol. The van der Waals surface area contributed by atoms with Crippen molar-refractivity contribution in [2.24, 2.45) is 0 Å². The van der Waals surface area contributed by atoms with E-state index in [4.69, 9.17) is 4.74 Å². The maximum atomic E-state index is 5.29. The molecule has 0 unspecified atom stereocenters. The van der Waals surface area contributed by atoms with E-state index in [0.717, 1.165) is 0 Å². The number of benzene rings is 1. The highest BCUT2D eigenvalue weighted by molar-refractivity contribution is 5.21. The van der Waals surface area contributed by atoms with Crippen molar-refractivity contribution >= 4 is 0 Å². The van der Waals surface area contributed by atoms with E-state index in [0.29, 0.717) is 0 Å². The Bertz CT molecular complexity index is 238. The van der Waals surface area contributed by atoms with Crippen LogP contribution in [-0.4, -0.2) is 7.11 Å². The van der Waals surface area contributed by atoms with Crippen molar-refractivity contribution < 1.29 is 4.74 Å². The van der Waals surface area contributed by atoms with Crippen molar-refractivity contribution in [2.75, 3.05) is 7.11 Å². The first-order valence-corrected chi connectivity index (χ1v) is 4.09. The predicted molar refractivity (Wildman–Crippen MR) is 51.0 cm³/mol. The zero-order valence-corrected chi connectivity index (χ0v) is 7.53. The monoisotopic (exact) mass is 162 g/mol. The summed E-state index contributed by atoms with van der Waals surface area (Å²) in [5.41, 5.74) is 1.19. The summed E-state index contributed by atoms with van der Waals surface area (Å²) in [6, 6.07) is 10.2. The highest BCUT2D eigenvalue weighted by Crippen LogP contribution is 2.16. The Kier molecular flexibility index (Phi) is 3.55. The zero-order valence-electron chi connectivity index (χ0n) is 7.53. The van der Waals surface area contributed by atoms with E-state index in [-0.39, 0.29) is 6.10 Å². The van der Waals surface area contributed by atoms with Crippen molar-refractivity contribution in [3.63, 3.8) is 0 Å². The second-order valence-electron chi connectivity index (χ2n) is 2.59. The molecule has 64 valence electrons. The van der Waals surface area contributed by atoms with Crippen molar-refractivity contribution in [3.8, 4) is 0 Å². The molecule has 0 heterocycles. The highest BCUT2D eigenvalue weighted by atomic mass is 16.5. The third-order valence-electron chi connectivity index (χ3n) is 1.75. The van der Waals surface area contributed by atoms with Crippen LogP contribution in [0, 0.1) is 0 Å². The smallest absolute Gasteiger partial charge is 0.100 e. The molecule has 1 rings (SSSR count). The molecule has 0 aromatic heterocycles. The van der Waals surface area contributed by atoms with Crippen molar-refractivity contribution in [3.05, 3.63) is 48.0 Å². The van der Waals surface area contributed by atoms with Crippen LogP contribution in [0.5, 0.6) is 0 Å². The lowest BCUT2D eigenvalue weighted by atomic mass is 10.1. The van der Waals surface area contributed by atoms with E-state index in [1.165, 1.54) is 5.56 Å². The summed E-state index contributed by atoms with van der Waals surface area (Å²) in [6.45, 7) is 2.00. The Hall–Kier alpha value is -1.08. The van der Waals surface area contributed by atoms with E-state index in [1.807, 2.05) is 37.3 Å². The number of hydrogen-bond acceptors (Lipinski definition) is 1. The van der Waals surface area contributed by atoms with Crippen molar-refractivity contribution in [1.29, 1.82) is 0 Å². The molecule has 0 spiro atoms. The second kappa shape index (κ2) is 4.73. The maximum Gasteiger partial charge on any atom is 0.100 e. The minimum atomic E-state index is 0.0937. The molecule has 0 fully saturated rings. The van der Waals surface area contributed by atoms with Crippen LogP contribution in [0.1, 0.15) is 18.6 Å². The Morgan fingerprint density at radius 1 is 1.25 bits per heavy atom. The van der Waals surface area contributed by atoms with Gasteiger partial charge in [0.2, 0.25) is 0 Å². The summed E-state index contributed by atoms with van der Waals surface area (Å²) in [5, 5.41) is 0. The standard InChI is InChI=1S/C11H14O/c1-3-7-11(12-2)10-8-5-4-6-9-10/h3-9,11H,1-2H3/b7-3+/t11-/m1/s1. The van der Waals surface area contributed by atoms with Crippen molar-refractivity contribution in [2.45, 2.75) is 13.0 Å². The minimum Gasteiger partial charge on any atom is -0.373 e.